The van der Waals surface area contributed by atoms with Crippen molar-refractivity contribution >= 4 is 37.9 Å². The minimum absolute atomic E-state index is 0.476. The fourth-order valence-electron chi connectivity index (χ4n) is 1.11. The summed E-state index contributed by atoms with van der Waals surface area (Å²) in [6, 6.07) is 0. The molecule has 60 valence electrons. The van der Waals surface area contributed by atoms with Gasteiger partial charge < -0.3 is 5.73 Å². The number of nitrogens with two attached hydrogens (primary N) is 1. The summed E-state index contributed by atoms with van der Waals surface area (Å²) in [4.78, 5) is 7.96. The summed E-state index contributed by atoms with van der Waals surface area (Å²) in [5.74, 6) is 4.27. The number of anilines is 1. The molecule has 0 bridgehead atoms. The molecular weight excluding hydrogens is 220 g/mol. The van der Waals surface area contributed by atoms with Gasteiger partial charge in [-0.2, -0.15) is 9.56 Å². The number of halogens is 1. The SMILES string of the molecule is C[N+]1=C=C(Br)c2c(N)ncnc21. The van der Waals surface area contributed by atoms with Gasteiger partial charge in [0, 0.05) is 0 Å². The third kappa shape index (κ3) is 0.873. The smallest absolute Gasteiger partial charge is 0.345 e. The van der Waals surface area contributed by atoms with Gasteiger partial charge in [-0.25, -0.2) is 0 Å². The van der Waals surface area contributed by atoms with Crippen LogP contribution >= 0.6 is 15.9 Å². The maximum absolute atomic E-state index is 5.66. The zero-order chi connectivity index (χ0) is 8.72. The van der Waals surface area contributed by atoms with Crippen molar-refractivity contribution in [1.29, 1.82) is 0 Å². The molecule has 1 aromatic rings. The van der Waals surface area contributed by atoms with E-state index in [1.54, 1.807) is 4.58 Å². The van der Waals surface area contributed by atoms with Crippen molar-refractivity contribution in [1.82, 2.24) is 9.97 Å². The molecule has 1 aromatic heterocycles. The van der Waals surface area contributed by atoms with Crippen LogP contribution in [0.3, 0.4) is 0 Å². The Morgan fingerprint density at radius 1 is 1.58 bits per heavy atom. The van der Waals surface area contributed by atoms with E-state index in [4.69, 9.17) is 5.73 Å². The summed E-state index contributed by atoms with van der Waals surface area (Å²) < 4.78 is 2.58. The molecule has 4 nitrogen and oxygen atoms in total. The Labute approximate surface area is 77.6 Å². The van der Waals surface area contributed by atoms with E-state index in [0.717, 1.165) is 15.9 Å². The van der Waals surface area contributed by atoms with E-state index in [1.807, 2.05) is 7.05 Å². The second-order valence-electron chi connectivity index (χ2n) is 2.44. The Morgan fingerprint density at radius 3 is 3.00 bits per heavy atom. The lowest BCUT2D eigenvalue weighted by molar-refractivity contribution is -0.399. The molecule has 0 aliphatic carbocycles. The highest BCUT2D eigenvalue weighted by Crippen LogP contribution is 2.32. The highest BCUT2D eigenvalue weighted by atomic mass is 79.9. The number of nitrogen functional groups attached to an aromatic ring is 1. The van der Waals surface area contributed by atoms with Crippen LogP contribution < -0.4 is 5.73 Å². The lowest BCUT2D eigenvalue weighted by Gasteiger charge is -1.95. The van der Waals surface area contributed by atoms with Crippen LogP contribution in [0.2, 0.25) is 0 Å². The molecule has 0 unspecified atom stereocenters. The number of rotatable bonds is 0. The molecule has 0 fully saturated rings. The molecule has 1 aliphatic rings. The summed E-state index contributed by atoms with van der Waals surface area (Å²) in [6.07, 6.45) is 1.44. The summed E-state index contributed by atoms with van der Waals surface area (Å²) in [6.45, 7) is 0. The fourth-order valence-corrected chi connectivity index (χ4v) is 1.76. The second-order valence-corrected chi connectivity index (χ2v) is 3.24. The van der Waals surface area contributed by atoms with E-state index in [2.05, 4.69) is 31.8 Å². The zero-order valence-electron chi connectivity index (χ0n) is 6.37. The average molecular weight is 226 g/mol. The van der Waals surface area contributed by atoms with E-state index in [0.29, 0.717) is 5.82 Å². The van der Waals surface area contributed by atoms with Crippen molar-refractivity contribution in [3.05, 3.63) is 11.9 Å². The van der Waals surface area contributed by atoms with Crippen molar-refractivity contribution in [2.75, 3.05) is 12.8 Å². The third-order valence-electron chi connectivity index (χ3n) is 1.66. The zero-order valence-corrected chi connectivity index (χ0v) is 7.96. The van der Waals surface area contributed by atoms with E-state index >= 15 is 0 Å². The molecule has 0 spiro atoms. The van der Waals surface area contributed by atoms with Crippen LogP contribution in [0.1, 0.15) is 5.56 Å². The largest absolute Gasteiger partial charge is 0.383 e. The van der Waals surface area contributed by atoms with Gasteiger partial charge in [0.05, 0.1) is 12.9 Å². The molecule has 0 saturated heterocycles. The van der Waals surface area contributed by atoms with Gasteiger partial charge in [-0.05, 0) is 20.9 Å². The van der Waals surface area contributed by atoms with Crippen molar-refractivity contribution < 1.29 is 4.58 Å². The number of fused-ring (bicyclic) bond motifs is 1. The summed E-state index contributed by atoms with van der Waals surface area (Å²) >= 11 is 3.33. The molecule has 0 radical (unpaired) electrons. The highest BCUT2D eigenvalue weighted by molar-refractivity contribution is 9.15. The van der Waals surface area contributed by atoms with Gasteiger partial charge in [-0.1, -0.05) is 0 Å². The first-order valence-corrected chi connectivity index (χ1v) is 4.13. The maximum atomic E-state index is 5.66. The van der Waals surface area contributed by atoms with Gasteiger partial charge >= 0.3 is 5.82 Å². The Kier molecular flexibility index (Phi) is 1.49. The Bertz CT molecular complexity index is 417. The fraction of sp³-hybridized carbons (Fsp3) is 0.143. The van der Waals surface area contributed by atoms with Crippen LogP contribution in [0.4, 0.5) is 11.6 Å². The second kappa shape index (κ2) is 2.40. The monoisotopic (exact) mass is 225 g/mol. The molecule has 2 rings (SSSR count). The first-order valence-electron chi connectivity index (χ1n) is 3.34. The minimum Gasteiger partial charge on any atom is -0.383 e. The topological polar surface area (TPSA) is 54.8 Å². The Morgan fingerprint density at radius 2 is 2.33 bits per heavy atom. The standard InChI is InChI=1S/C7H6BrN4/c1-12-2-4(8)5-6(9)10-3-11-7(5)12/h3H,1H3,(H2,9,10,11)/q+1. The Balaban J connectivity index is 2.77. The number of hydrogen-bond donors (Lipinski definition) is 1. The van der Waals surface area contributed by atoms with E-state index in [-0.39, 0.29) is 0 Å². The quantitative estimate of drug-likeness (QED) is 0.664. The van der Waals surface area contributed by atoms with Crippen LogP contribution in [-0.4, -0.2) is 27.5 Å². The molecule has 5 heteroatoms. The maximum Gasteiger partial charge on any atom is 0.345 e. The van der Waals surface area contributed by atoms with E-state index in [9.17, 15) is 0 Å². The van der Waals surface area contributed by atoms with Gasteiger partial charge in [0.25, 0.3) is 0 Å². The van der Waals surface area contributed by atoms with Gasteiger partial charge in [0.1, 0.15) is 15.9 Å². The first kappa shape index (κ1) is 7.46. The van der Waals surface area contributed by atoms with Crippen molar-refractivity contribution in [3.63, 3.8) is 0 Å². The molecule has 2 N–H and O–H groups in total. The first-order chi connectivity index (χ1) is 5.70. The van der Waals surface area contributed by atoms with E-state index < -0.39 is 0 Å². The van der Waals surface area contributed by atoms with Gasteiger partial charge in [0.2, 0.25) is 6.33 Å². The lowest BCUT2D eigenvalue weighted by Crippen LogP contribution is -2.00. The molecule has 0 atom stereocenters. The van der Waals surface area contributed by atoms with Gasteiger partial charge in [0.15, 0.2) is 0 Å². The van der Waals surface area contributed by atoms with Crippen molar-refractivity contribution in [2.24, 2.45) is 0 Å². The van der Waals surface area contributed by atoms with Crippen molar-refractivity contribution in [3.8, 4) is 0 Å². The van der Waals surface area contributed by atoms with Crippen molar-refractivity contribution in [2.45, 2.75) is 0 Å². The number of aromatic nitrogens is 2. The number of hydrogen-bond acceptors (Lipinski definition) is 3. The average Bonchev–Trinajstić information content (AvgIpc) is 2.29. The molecule has 0 saturated carbocycles. The summed E-state index contributed by atoms with van der Waals surface area (Å²) in [5.41, 5.74) is 6.48. The molecule has 12 heavy (non-hydrogen) atoms. The lowest BCUT2D eigenvalue weighted by atomic mass is 10.3. The summed E-state index contributed by atoms with van der Waals surface area (Å²) in [5, 5.41) is 0. The van der Waals surface area contributed by atoms with Gasteiger partial charge in [-0.15, -0.1) is 0 Å². The number of nitrogens with zero attached hydrogens (tertiary/aromatic N) is 3. The van der Waals surface area contributed by atoms with Crippen LogP contribution in [0, 0.1) is 0 Å². The van der Waals surface area contributed by atoms with E-state index in [1.165, 1.54) is 6.33 Å². The third-order valence-corrected chi connectivity index (χ3v) is 2.23. The summed E-state index contributed by atoms with van der Waals surface area (Å²) in [7, 11) is 1.86. The van der Waals surface area contributed by atoms with Gasteiger partial charge in [-0.3, -0.25) is 0 Å². The Hall–Kier alpha value is -1.19. The van der Waals surface area contributed by atoms with Crippen LogP contribution in [0.25, 0.3) is 4.48 Å². The molecule has 0 aromatic carbocycles. The minimum atomic E-state index is 0.476. The predicted molar refractivity (Wildman–Crippen MR) is 49.6 cm³/mol. The predicted octanol–water partition coefficient (Wildman–Crippen LogP) is 0.752. The normalized spacial score (nSPS) is 13.8. The molecule has 1 aliphatic heterocycles. The molecular formula is C7H6BrN4+. The molecule has 2 heterocycles. The van der Waals surface area contributed by atoms with Crippen LogP contribution in [0.5, 0.6) is 0 Å². The van der Waals surface area contributed by atoms with Crippen LogP contribution in [0.15, 0.2) is 6.33 Å². The highest BCUT2D eigenvalue weighted by Gasteiger charge is 2.25. The van der Waals surface area contributed by atoms with Crippen LogP contribution in [-0.2, 0) is 0 Å². The molecule has 0 amide bonds.